The number of carbonyl (C=O) groups excluding carboxylic acids is 1. The van der Waals surface area contributed by atoms with E-state index in [1.807, 2.05) is 30.3 Å². The second-order valence-corrected chi connectivity index (χ2v) is 6.75. The molecule has 0 aliphatic carbocycles. The number of nitrogens with one attached hydrogen (secondary N) is 2. The van der Waals surface area contributed by atoms with Gasteiger partial charge in [-0.05, 0) is 36.2 Å². The van der Waals surface area contributed by atoms with E-state index in [0.717, 1.165) is 28.5 Å². The molecule has 1 heterocycles. The quantitative estimate of drug-likeness (QED) is 0.478. The van der Waals surface area contributed by atoms with Crippen molar-refractivity contribution < 1.29 is 9.53 Å². The van der Waals surface area contributed by atoms with E-state index in [0.29, 0.717) is 10.8 Å². The topological polar surface area (TPSA) is 54.1 Å². The molecule has 0 saturated carbocycles. The van der Waals surface area contributed by atoms with E-state index in [1.54, 1.807) is 12.1 Å². The van der Waals surface area contributed by atoms with Crippen LogP contribution in [0, 0.1) is 0 Å². The Bertz CT molecular complexity index is 1130. The first-order valence-corrected chi connectivity index (χ1v) is 9.24. The van der Waals surface area contributed by atoms with Gasteiger partial charge < -0.3 is 15.0 Å². The van der Waals surface area contributed by atoms with Crippen molar-refractivity contribution in [2.75, 3.05) is 11.9 Å². The first kappa shape index (κ1) is 17.4. The van der Waals surface area contributed by atoms with Crippen molar-refractivity contribution in [1.29, 1.82) is 0 Å². The standard InChI is InChI=1S/C22H19ClN2O2/c1-2-14-6-5-7-17-16-11-10-15(12-19(16)25-22(14)17)24-21(26)13-27-20-9-4-3-8-18(20)23/h3-12,25H,2,13H2,1H3,(H,24,26). The van der Waals surface area contributed by atoms with Crippen molar-refractivity contribution in [1.82, 2.24) is 4.98 Å². The van der Waals surface area contributed by atoms with Crippen LogP contribution in [0.4, 0.5) is 5.69 Å². The largest absolute Gasteiger partial charge is 0.482 e. The Morgan fingerprint density at radius 2 is 1.93 bits per heavy atom. The number of halogens is 1. The Labute approximate surface area is 162 Å². The lowest BCUT2D eigenvalue weighted by Gasteiger charge is -2.08. The van der Waals surface area contributed by atoms with Crippen LogP contribution >= 0.6 is 11.6 Å². The van der Waals surface area contributed by atoms with Gasteiger partial charge in [-0.1, -0.05) is 54.9 Å². The molecule has 0 atom stereocenters. The number of aromatic nitrogens is 1. The van der Waals surface area contributed by atoms with Gasteiger partial charge in [0.1, 0.15) is 5.75 Å². The molecule has 4 nitrogen and oxygen atoms in total. The lowest BCUT2D eigenvalue weighted by molar-refractivity contribution is -0.118. The summed E-state index contributed by atoms with van der Waals surface area (Å²) in [5.41, 5.74) is 4.15. The fourth-order valence-corrected chi connectivity index (χ4v) is 3.45. The second kappa shape index (κ2) is 7.33. The molecule has 5 heteroatoms. The number of H-pyrrole nitrogens is 1. The molecule has 0 aliphatic heterocycles. The molecule has 2 N–H and O–H groups in total. The summed E-state index contributed by atoms with van der Waals surface area (Å²) < 4.78 is 5.48. The van der Waals surface area contributed by atoms with Crippen LogP contribution in [0.3, 0.4) is 0 Å². The van der Waals surface area contributed by atoms with Crippen LogP contribution in [0.25, 0.3) is 21.8 Å². The zero-order valence-electron chi connectivity index (χ0n) is 14.9. The first-order chi connectivity index (χ1) is 13.2. The third kappa shape index (κ3) is 3.49. The van der Waals surface area contributed by atoms with E-state index < -0.39 is 0 Å². The van der Waals surface area contributed by atoms with Crippen molar-refractivity contribution in [3.63, 3.8) is 0 Å². The molecule has 0 fully saturated rings. The van der Waals surface area contributed by atoms with Crippen LogP contribution in [0.15, 0.2) is 60.7 Å². The molecule has 0 radical (unpaired) electrons. The van der Waals surface area contributed by atoms with Crippen LogP contribution in [-0.2, 0) is 11.2 Å². The number of ether oxygens (including phenoxy) is 1. The minimum Gasteiger partial charge on any atom is -0.482 e. The average molecular weight is 379 g/mol. The molecule has 4 rings (SSSR count). The highest BCUT2D eigenvalue weighted by Crippen LogP contribution is 2.30. The Morgan fingerprint density at radius 3 is 2.74 bits per heavy atom. The highest BCUT2D eigenvalue weighted by atomic mass is 35.5. The predicted octanol–water partition coefficient (Wildman–Crippen LogP) is 5.55. The van der Waals surface area contributed by atoms with Crippen LogP contribution in [-0.4, -0.2) is 17.5 Å². The van der Waals surface area contributed by atoms with Gasteiger partial charge in [0.2, 0.25) is 0 Å². The van der Waals surface area contributed by atoms with E-state index in [4.69, 9.17) is 16.3 Å². The molecule has 4 aromatic rings. The van der Waals surface area contributed by atoms with Gasteiger partial charge in [-0.2, -0.15) is 0 Å². The maximum absolute atomic E-state index is 12.2. The molecule has 3 aromatic carbocycles. The highest BCUT2D eigenvalue weighted by Gasteiger charge is 2.10. The number of hydrogen-bond donors (Lipinski definition) is 2. The summed E-state index contributed by atoms with van der Waals surface area (Å²) >= 11 is 6.04. The molecule has 0 spiro atoms. The van der Waals surface area contributed by atoms with Crippen LogP contribution in [0.1, 0.15) is 12.5 Å². The van der Waals surface area contributed by atoms with Gasteiger partial charge in [0.25, 0.3) is 5.91 Å². The summed E-state index contributed by atoms with van der Waals surface area (Å²) in [5, 5.41) is 5.70. The summed E-state index contributed by atoms with van der Waals surface area (Å²) in [6, 6.07) is 19.3. The fraction of sp³-hybridized carbons (Fsp3) is 0.136. The van der Waals surface area contributed by atoms with Gasteiger partial charge in [0.05, 0.1) is 5.02 Å². The molecule has 1 aromatic heterocycles. The highest BCUT2D eigenvalue weighted by molar-refractivity contribution is 6.32. The molecule has 136 valence electrons. The summed E-state index contributed by atoms with van der Waals surface area (Å²) in [7, 11) is 0. The van der Waals surface area contributed by atoms with Gasteiger partial charge in [-0.3, -0.25) is 4.79 Å². The van der Waals surface area contributed by atoms with Gasteiger partial charge in [-0.15, -0.1) is 0 Å². The molecular formula is C22H19ClN2O2. The second-order valence-electron chi connectivity index (χ2n) is 6.35. The van der Waals surface area contributed by atoms with Crippen molar-refractivity contribution in [3.8, 4) is 5.75 Å². The van der Waals surface area contributed by atoms with E-state index in [1.165, 1.54) is 10.9 Å². The number of fused-ring (bicyclic) bond motifs is 3. The van der Waals surface area contributed by atoms with Gasteiger partial charge >= 0.3 is 0 Å². The molecule has 1 amide bonds. The third-order valence-electron chi connectivity index (χ3n) is 4.58. The summed E-state index contributed by atoms with van der Waals surface area (Å²) in [5.74, 6) is 0.257. The van der Waals surface area contributed by atoms with Crippen LogP contribution < -0.4 is 10.1 Å². The monoisotopic (exact) mass is 378 g/mol. The number of hydrogen-bond acceptors (Lipinski definition) is 2. The van der Waals surface area contributed by atoms with Crippen molar-refractivity contribution in [2.45, 2.75) is 13.3 Å². The van der Waals surface area contributed by atoms with E-state index in [2.05, 4.69) is 35.4 Å². The SMILES string of the molecule is CCc1cccc2c1[nH]c1cc(NC(=O)COc3ccccc3Cl)ccc12. The third-order valence-corrected chi connectivity index (χ3v) is 4.89. The smallest absolute Gasteiger partial charge is 0.262 e. The van der Waals surface area contributed by atoms with Crippen molar-refractivity contribution >= 4 is 45.0 Å². The van der Waals surface area contributed by atoms with E-state index >= 15 is 0 Å². The molecule has 27 heavy (non-hydrogen) atoms. The Kier molecular flexibility index (Phi) is 4.73. The summed E-state index contributed by atoms with van der Waals surface area (Å²) in [6.45, 7) is 2.04. The zero-order valence-corrected chi connectivity index (χ0v) is 15.6. The van der Waals surface area contributed by atoms with Crippen LogP contribution in [0.5, 0.6) is 5.75 Å². The Balaban J connectivity index is 1.53. The van der Waals surface area contributed by atoms with Gasteiger partial charge in [-0.25, -0.2) is 0 Å². The Morgan fingerprint density at radius 1 is 1.07 bits per heavy atom. The van der Waals surface area contributed by atoms with Crippen molar-refractivity contribution in [3.05, 3.63) is 71.2 Å². The summed E-state index contributed by atoms with van der Waals surface area (Å²) in [6.07, 6.45) is 0.965. The summed E-state index contributed by atoms with van der Waals surface area (Å²) in [4.78, 5) is 15.7. The number of carbonyl (C=O) groups is 1. The molecule has 0 aliphatic rings. The normalized spacial score (nSPS) is 11.0. The number of aromatic amines is 1. The number of benzene rings is 3. The molecule has 0 saturated heterocycles. The van der Waals surface area contributed by atoms with Gasteiger partial charge in [0, 0.05) is 27.5 Å². The number of para-hydroxylation sites is 2. The van der Waals surface area contributed by atoms with Crippen LogP contribution in [0.2, 0.25) is 5.02 Å². The number of anilines is 1. The number of rotatable bonds is 5. The fourth-order valence-electron chi connectivity index (χ4n) is 3.26. The van der Waals surface area contributed by atoms with Crippen molar-refractivity contribution in [2.24, 2.45) is 0 Å². The number of amides is 1. The maximum Gasteiger partial charge on any atom is 0.262 e. The van der Waals surface area contributed by atoms with Gasteiger partial charge in [0.15, 0.2) is 6.61 Å². The number of aryl methyl sites for hydroxylation is 1. The molecular weight excluding hydrogens is 360 g/mol. The molecule has 0 unspecified atom stereocenters. The van der Waals surface area contributed by atoms with E-state index in [9.17, 15) is 4.79 Å². The van der Waals surface area contributed by atoms with E-state index in [-0.39, 0.29) is 12.5 Å². The lowest BCUT2D eigenvalue weighted by atomic mass is 10.1. The Hall–Kier alpha value is -2.98. The average Bonchev–Trinajstić information content (AvgIpc) is 3.05. The lowest BCUT2D eigenvalue weighted by Crippen LogP contribution is -2.20. The molecule has 0 bridgehead atoms. The minimum atomic E-state index is -0.236. The first-order valence-electron chi connectivity index (χ1n) is 8.86. The predicted molar refractivity (Wildman–Crippen MR) is 111 cm³/mol. The zero-order chi connectivity index (χ0) is 18.8. The minimum absolute atomic E-state index is 0.103. The maximum atomic E-state index is 12.2.